The maximum absolute atomic E-state index is 2.36. The Bertz CT molecular complexity index is 2420. The molecule has 2 nitrogen and oxygen atoms in total. The van der Waals surface area contributed by atoms with Gasteiger partial charge in [-0.2, -0.15) is 0 Å². The standard InChI is InChI=1S/C48H38N2S/c1-31-5-15-37(16-6-31)49(38-17-7-32(2)8-18-38)41-23-25-43-35(29-41)13-27-45-47(43)48-44-26-24-42(30-36(44)14-28-46(48)51-45)50(39-19-9-33(3)10-20-39)40-21-11-34(4)12-22-40/h5-30H,1-4H3. The van der Waals surface area contributed by atoms with E-state index in [1.165, 1.54) is 64.0 Å². The number of anilines is 6. The van der Waals surface area contributed by atoms with Crippen molar-refractivity contribution < 1.29 is 0 Å². The van der Waals surface area contributed by atoms with Crippen molar-refractivity contribution in [3.63, 3.8) is 0 Å². The molecular formula is C48H38N2S. The number of hydrogen-bond donors (Lipinski definition) is 0. The summed E-state index contributed by atoms with van der Waals surface area (Å²) in [7, 11) is 0. The van der Waals surface area contributed by atoms with Crippen LogP contribution in [0.1, 0.15) is 22.3 Å². The van der Waals surface area contributed by atoms with Crippen molar-refractivity contribution in [1.82, 2.24) is 0 Å². The van der Waals surface area contributed by atoms with E-state index in [0.29, 0.717) is 0 Å². The van der Waals surface area contributed by atoms with Crippen LogP contribution in [0.3, 0.4) is 0 Å². The van der Waals surface area contributed by atoms with Crippen LogP contribution in [0.25, 0.3) is 41.7 Å². The van der Waals surface area contributed by atoms with Gasteiger partial charge in [-0.15, -0.1) is 11.3 Å². The molecule has 9 rings (SSSR count). The molecule has 1 heterocycles. The van der Waals surface area contributed by atoms with Crippen molar-refractivity contribution in [3.8, 4) is 0 Å². The maximum atomic E-state index is 2.36. The Morgan fingerprint density at radius 1 is 0.314 bits per heavy atom. The van der Waals surface area contributed by atoms with E-state index in [1.807, 2.05) is 11.3 Å². The third-order valence-corrected chi connectivity index (χ3v) is 11.2. The van der Waals surface area contributed by atoms with Gasteiger partial charge in [-0.3, -0.25) is 0 Å². The Morgan fingerprint density at radius 2 is 0.608 bits per heavy atom. The molecule has 0 aliphatic heterocycles. The highest BCUT2D eigenvalue weighted by atomic mass is 32.1. The molecule has 0 bridgehead atoms. The van der Waals surface area contributed by atoms with E-state index in [4.69, 9.17) is 0 Å². The highest BCUT2D eigenvalue weighted by Crippen LogP contribution is 2.45. The van der Waals surface area contributed by atoms with Gasteiger partial charge in [-0.1, -0.05) is 95.1 Å². The van der Waals surface area contributed by atoms with Gasteiger partial charge in [-0.25, -0.2) is 0 Å². The number of fused-ring (bicyclic) bond motifs is 7. The molecule has 0 aliphatic rings. The topological polar surface area (TPSA) is 6.48 Å². The first-order valence-electron chi connectivity index (χ1n) is 17.6. The van der Waals surface area contributed by atoms with Gasteiger partial charge in [0.05, 0.1) is 0 Å². The van der Waals surface area contributed by atoms with Crippen LogP contribution in [-0.2, 0) is 0 Å². The molecule has 1 aromatic heterocycles. The molecule has 0 radical (unpaired) electrons. The fourth-order valence-electron chi connectivity index (χ4n) is 7.35. The molecule has 0 aliphatic carbocycles. The third kappa shape index (κ3) is 5.60. The largest absolute Gasteiger partial charge is 0.310 e. The van der Waals surface area contributed by atoms with Crippen LogP contribution in [0.5, 0.6) is 0 Å². The second kappa shape index (κ2) is 12.5. The maximum Gasteiger partial charge on any atom is 0.0468 e. The van der Waals surface area contributed by atoms with Crippen molar-refractivity contribution in [3.05, 3.63) is 180 Å². The quantitative estimate of drug-likeness (QED) is 0.173. The Morgan fingerprint density at radius 3 is 0.922 bits per heavy atom. The van der Waals surface area contributed by atoms with Crippen LogP contribution in [-0.4, -0.2) is 0 Å². The van der Waals surface area contributed by atoms with E-state index in [2.05, 4.69) is 195 Å². The summed E-state index contributed by atoms with van der Waals surface area (Å²) in [5.41, 5.74) is 11.9. The van der Waals surface area contributed by atoms with Crippen molar-refractivity contribution in [1.29, 1.82) is 0 Å². The van der Waals surface area contributed by atoms with Crippen LogP contribution in [0.15, 0.2) is 158 Å². The molecule has 0 spiro atoms. The molecule has 8 aromatic carbocycles. The minimum atomic E-state index is 1.15. The smallest absolute Gasteiger partial charge is 0.0468 e. The monoisotopic (exact) mass is 674 g/mol. The van der Waals surface area contributed by atoms with E-state index in [1.54, 1.807) is 0 Å². The number of aryl methyl sites for hydroxylation is 4. The van der Waals surface area contributed by atoms with Gasteiger partial charge >= 0.3 is 0 Å². The lowest BCUT2D eigenvalue weighted by atomic mass is 9.98. The SMILES string of the molecule is Cc1ccc(N(c2ccc(C)cc2)c2ccc3c(ccc4sc5ccc6cc(N(c7ccc(C)cc7)c7ccc(C)cc7)ccc6c5c43)c2)cc1. The molecule has 0 unspecified atom stereocenters. The van der Waals surface area contributed by atoms with Gasteiger partial charge < -0.3 is 9.80 Å². The van der Waals surface area contributed by atoms with E-state index in [0.717, 1.165) is 34.1 Å². The zero-order valence-electron chi connectivity index (χ0n) is 29.3. The van der Waals surface area contributed by atoms with Crippen LogP contribution in [0, 0.1) is 27.7 Å². The van der Waals surface area contributed by atoms with Gasteiger partial charge in [0.15, 0.2) is 0 Å². The lowest BCUT2D eigenvalue weighted by Crippen LogP contribution is -2.10. The van der Waals surface area contributed by atoms with Gasteiger partial charge in [-0.05, 0) is 134 Å². The van der Waals surface area contributed by atoms with Crippen LogP contribution < -0.4 is 9.80 Å². The Kier molecular flexibility index (Phi) is 7.60. The highest BCUT2D eigenvalue weighted by Gasteiger charge is 2.18. The summed E-state index contributed by atoms with van der Waals surface area (Å²) < 4.78 is 2.63. The van der Waals surface area contributed by atoms with Crippen LogP contribution in [0.4, 0.5) is 34.1 Å². The Hall–Kier alpha value is -5.90. The minimum absolute atomic E-state index is 1.15. The van der Waals surface area contributed by atoms with Gasteiger partial charge in [0.2, 0.25) is 0 Å². The fraction of sp³-hybridized carbons (Fsp3) is 0.0833. The van der Waals surface area contributed by atoms with Crippen molar-refractivity contribution >= 4 is 87.2 Å². The molecule has 0 atom stereocenters. The Labute approximate surface area is 303 Å². The Balaban J connectivity index is 1.20. The molecule has 0 N–H and O–H groups in total. The fourth-order valence-corrected chi connectivity index (χ4v) is 8.48. The predicted octanol–water partition coefficient (Wildman–Crippen LogP) is 14.5. The van der Waals surface area contributed by atoms with E-state index < -0.39 is 0 Å². The van der Waals surface area contributed by atoms with Gasteiger partial charge in [0, 0.05) is 54.3 Å². The molecule has 246 valence electrons. The summed E-state index contributed by atoms with van der Waals surface area (Å²) in [4.78, 5) is 4.72. The second-order valence-corrected chi connectivity index (χ2v) is 14.9. The summed E-state index contributed by atoms with van der Waals surface area (Å²) >= 11 is 1.88. The lowest BCUT2D eigenvalue weighted by Gasteiger charge is -2.26. The first-order chi connectivity index (χ1) is 24.9. The summed E-state index contributed by atoms with van der Waals surface area (Å²) in [6.07, 6.45) is 0. The summed E-state index contributed by atoms with van der Waals surface area (Å²) in [6.45, 7) is 8.56. The van der Waals surface area contributed by atoms with Crippen molar-refractivity contribution in [2.75, 3.05) is 9.80 Å². The summed E-state index contributed by atoms with van der Waals surface area (Å²) in [5.74, 6) is 0. The minimum Gasteiger partial charge on any atom is -0.310 e. The highest BCUT2D eigenvalue weighted by molar-refractivity contribution is 7.26. The van der Waals surface area contributed by atoms with Crippen LogP contribution >= 0.6 is 11.3 Å². The number of thiophene rings is 1. The van der Waals surface area contributed by atoms with Crippen LogP contribution in [0.2, 0.25) is 0 Å². The average Bonchev–Trinajstić information content (AvgIpc) is 3.55. The number of hydrogen-bond acceptors (Lipinski definition) is 3. The normalized spacial score (nSPS) is 11.5. The first kappa shape index (κ1) is 31.1. The predicted molar refractivity (Wildman–Crippen MR) is 223 cm³/mol. The molecule has 0 saturated heterocycles. The average molecular weight is 675 g/mol. The van der Waals surface area contributed by atoms with Crippen molar-refractivity contribution in [2.24, 2.45) is 0 Å². The zero-order valence-corrected chi connectivity index (χ0v) is 30.1. The zero-order chi connectivity index (χ0) is 34.6. The first-order valence-corrected chi connectivity index (χ1v) is 18.4. The summed E-state index contributed by atoms with van der Waals surface area (Å²) in [5, 5.41) is 7.72. The molecule has 0 amide bonds. The number of benzene rings is 8. The van der Waals surface area contributed by atoms with E-state index >= 15 is 0 Å². The molecule has 51 heavy (non-hydrogen) atoms. The molecule has 9 aromatic rings. The van der Waals surface area contributed by atoms with Gasteiger partial charge in [0.25, 0.3) is 0 Å². The molecule has 0 fully saturated rings. The molecular weight excluding hydrogens is 637 g/mol. The third-order valence-electron chi connectivity index (χ3n) is 10.1. The van der Waals surface area contributed by atoms with E-state index in [9.17, 15) is 0 Å². The lowest BCUT2D eigenvalue weighted by molar-refractivity contribution is 1.27. The number of nitrogens with zero attached hydrogens (tertiary/aromatic N) is 2. The molecule has 0 saturated carbocycles. The van der Waals surface area contributed by atoms with Crippen molar-refractivity contribution in [2.45, 2.75) is 27.7 Å². The van der Waals surface area contributed by atoms with E-state index in [-0.39, 0.29) is 0 Å². The molecule has 3 heteroatoms. The number of rotatable bonds is 6. The summed E-state index contributed by atoms with van der Waals surface area (Å²) in [6, 6.07) is 58.4. The van der Waals surface area contributed by atoms with Gasteiger partial charge in [0.1, 0.15) is 0 Å². The second-order valence-electron chi connectivity index (χ2n) is 13.8.